The van der Waals surface area contributed by atoms with Crippen LogP contribution in [0.25, 0.3) is 11.0 Å². The first-order valence-electron chi connectivity index (χ1n) is 3.88. The van der Waals surface area contributed by atoms with E-state index in [9.17, 15) is 10.1 Å². The molecule has 1 heterocycles. The highest BCUT2D eigenvalue weighted by Crippen LogP contribution is 2.25. The van der Waals surface area contributed by atoms with Crippen molar-refractivity contribution in [1.82, 2.24) is 9.97 Å². The number of H-pyrrole nitrogens is 1. The molecule has 1 N–H and O–H groups in total. The second-order valence-corrected chi connectivity index (χ2v) is 3.37. The molecule has 2 aromatic rings. The van der Waals surface area contributed by atoms with Gasteiger partial charge in [0, 0.05) is 11.4 Å². The number of rotatable bonds is 2. The van der Waals surface area contributed by atoms with Gasteiger partial charge in [-0.25, -0.2) is 4.98 Å². The van der Waals surface area contributed by atoms with Crippen LogP contribution in [0.1, 0.15) is 5.56 Å². The Hall–Kier alpha value is -1.43. The molecule has 2 rings (SSSR count). The first-order valence-corrected chi connectivity index (χ1v) is 5.01. The van der Waals surface area contributed by atoms with Crippen LogP contribution in [-0.2, 0) is 5.33 Å². The Bertz CT molecular complexity index is 494. The van der Waals surface area contributed by atoms with Gasteiger partial charge in [0.1, 0.15) is 0 Å². The molecule has 1 aromatic heterocycles. The van der Waals surface area contributed by atoms with Crippen molar-refractivity contribution in [2.45, 2.75) is 5.33 Å². The number of hydrogen-bond acceptors (Lipinski definition) is 3. The predicted molar refractivity (Wildman–Crippen MR) is 55.4 cm³/mol. The number of nitro groups is 1. The molecule has 0 aliphatic heterocycles. The maximum atomic E-state index is 10.7. The number of aromatic amines is 1. The molecule has 72 valence electrons. The second kappa shape index (κ2) is 3.38. The number of alkyl halides is 1. The lowest BCUT2D eigenvalue weighted by Crippen LogP contribution is -1.91. The van der Waals surface area contributed by atoms with Crippen molar-refractivity contribution >= 4 is 32.7 Å². The van der Waals surface area contributed by atoms with Gasteiger partial charge in [0.15, 0.2) is 5.52 Å². The lowest BCUT2D eigenvalue weighted by molar-refractivity contribution is -0.383. The quantitative estimate of drug-likeness (QED) is 0.509. The van der Waals surface area contributed by atoms with Crippen LogP contribution >= 0.6 is 15.9 Å². The summed E-state index contributed by atoms with van der Waals surface area (Å²) in [6.45, 7) is 0. The Morgan fingerprint density at radius 3 is 3.00 bits per heavy atom. The van der Waals surface area contributed by atoms with Gasteiger partial charge < -0.3 is 4.98 Å². The van der Waals surface area contributed by atoms with Gasteiger partial charge in [-0.15, -0.1) is 0 Å². The summed E-state index contributed by atoms with van der Waals surface area (Å²) >= 11 is 3.26. The minimum absolute atomic E-state index is 0.0400. The molecule has 0 spiro atoms. The minimum atomic E-state index is -0.421. The third-order valence-corrected chi connectivity index (χ3v) is 2.56. The number of aromatic nitrogens is 2. The van der Waals surface area contributed by atoms with E-state index >= 15 is 0 Å². The topological polar surface area (TPSA) is 71.8 Å². The Balaban J connectivity index is 2.76. The monoisotopic (exact) mass is 255 g/mol. The molecule has 1 aromatic carbocycles. The molecule has 0 aliphatic carbocycles. The number of nitrogens with one attached hydrogen (secondary N) is 1. The number of nitrogens with zero attached hydrogens (tertiary/aromatic N) is 2. The molecule has 5 nitrogen and oxygen atoms in total. The van der Waals surface area contributed by atoms with E-state index in [-0.39, 0.29) is 5.69 Å². The molecular weight excluding hydrogens is 250 g/mol. The highest BCUT2D eigenvalue weighted by Gasteiger charge is 2.15. The second-order valence-electron chi connectivity index (χ2n) is 2.80. The summed E-state index contributed by atoms with van der Waals surface area (Å²) in [4.78, 5) is 17.1. The van der Waals surface area contributed by atoms with E-state index in [1.807, 2.05) is 6.07 Å². The van der Waals surface area contributed by atoms with Crippen molar-refractivity contribution in [3.63, 3.8) is 0 Å². The highest BCUT2D eigenvalue weighted by atomic mass is 79.9. The Morgan fingerprint density at radius 2 is 2.36 bits per heavy atom. The van der Waals surface area contributed by atoms with Gasteiger partial charge in [0.2, 0.25) is 0 Å². The zero-order valence-electron chi connectivity index (χ0n) is 7.03. The Morgan fingerprint density at radius 1 is 1.57 bits per heavy atom. The molecule has 0 aliphatic rings. The van der Waals surface area contributed by atoms with Crippen molar-refractivity contribution in [2.24, 2.45) is 0 Å². The van der Waals surface area contributed by atoms with Gasteiger partial charge in [-0.1, -0.05) is 15.9 Å². The number of benzene rings is 1. The SMILES string of the molecule is O=[N+]([O-])c1cc(CBr)cc2[nH]cnc12. The summed E-state index contributed by atoms with van der Waals surface area (Å²) in [5.41, 5.74) is 1.99. The van der Waals surface area contributed by atoms with E-state index in [2.05, 4.69) is 25.9 Å². The minimum Gasteiger partial charge on any atom is -0.344 e. The van der Waals surface area contributed by atoms with Crippen LogP contribution in [0.15, 0.2) is 18.5 Å². The van der Waals surface area contributed by atoms with Crippen molar-refractivity contribution in [3.8, 4) is 0 Å². The van der Waals surface area contributed by atoms with Gasteiger partial charge in [0.25, 0.3) is 5.69 Å². The third kappa shape index (κ3) is 1.37. The van der Waals surface area contributed by atoms with Crippen LogP contribution in [-0.4, -0.2) is 14.9 Å². The molecule has 0 saturated carbocycles. The van der Waals surface area contributed by atoms with E-state index in [0.29, 0.717) is 16.4 Å². The molecule has 14 heavy (non-hydrogen) atoms. The third-order valence-electron chi connectivity index (χ3n) is 1.91. The van der Waals surface area contributed by atoms with Crippen molar-refractivity contribution in [3.05, 3.63) is 34.1 Å². The number of non-ortho nitro benzene ring substituents is 1. The summed E-state index contributed by atoms with van der Waals surface area (Å²) in [6.07, 6.45) is 1.45. The maximum absolute atomic E-state index is 10.7. The predicted octanol–water partition coefficient (Wildman–Crippen LogP) is 2.37. The normalized spacial score (nSPS) is 10.6. The number of halogens is 1. The molecule has 0 unspecified atom stereocenters. The highest BCUT2D eigenvalue weighted by molar-refractivity contribution is 9.08. The zero-order valence-corrected chi connectivity index (χ0v) is 8.61. The molecule has 0 radical (unpaired) electrons. The molecule has 6 heteroatoms. The van der Waals surface area contributed by atoms with Gasteiger partial charge in [-0.2, -0.15) is 0 Å². The lowest BCUT2D eigenvalue weighted by Gasteiger charge is -1.97. The standard InChI is InChI=1S/C8H6BrN3O2/c9-3-5-1-6-8(11-4-10-6)7(2-5)12(13)14/h1-2,4H,3H2,(H,10,11). The van der Waals surface area contributed by atoms with Crippen LogP contribution in [0.3, 0.4) is 0 Å². The van der Waals surface area contributed by atoms with Crippen molar-refractivity contribution in [1.29, 1.82) is 0 Å². The number of hydrogen-bond donors (Lipinski definition) is 1. The summed E-state index contributed by atoms with van der Waals surface area (Å²) in [7, 11) is 0. The summed E-state index contributed by atoms with van der Waals surface area (Å²) in [5.74, 6) is 0. The fourth-order valence-corrected chi connectivity index (χ4v) is 1.63. The maximum Gasteiger partial charge on any atom is 0.297 e. The van der Waals surface area contributed by atoms with Crippen LogP contribution in [0.5, 0.6) is 0 Å². The Kier molecular flexibility index (Phi) is 2.20. The largest absolute Gasteiger partial charge is 0.344 e. The van der Waals surface area contributed by atoms with E-state index in [1.54, 1.807) is 0 Å². The van der Waals surface area contributed by atoms with Crippen LogP contribution in [0.4, 0.5) is 5.69 Å². The first-order chi connectivity index (χ1) is 6.72. The number of imidazole rings is 1. The van der Waals surface area contributed by atoms with Crippen LogP contribution < -0.4 is 0 Å². The van der Waals surface area contributed by atoms with Gasteiger partial charge in [-0.3, -0.25) is 10.1 Å². The molecule has 0 fully saturated rings. The smallest absolute Gasteiger partial charge is 0.297 e. The van der Waals surface area contributed by atoms with Crippen LogP contribution in [0, 0.1) is 10.1 Å². The van der Waals surface area contributed by atoms with Crippen molar-refractivity contribution in [2.75, 3.05) is 0 Å². The summed E-state index contributed by atoms with van der Waals surface area (Å²) < 4.78 is 0. The Labute approximate surface area is 87.4 Å². The average molecular weight is 256 g/mol. The lowest BCUT2D eigenvalue weighted by atomic mass is 10.2. The van der Waals surface area contributed by atoms with E-state index in [4.69, 9.17) is 0 Å². The summed E-state index contributed by atoms with van der Waals surface area (Å²) in [6, 6.07) is 3.36. The zero-order chi connectivity index (χ0) is 10.1. The average Bonchev–Trinajstić information content (AvgIpc) is 2.63. The molecule has 0 saturated heterocycles. The van der Waals surface area contributed by atoms with Gasteiger partial charge in [-0.05, 0) is 11.6 Å². The molecule has 0 amide bonds. The van der Waals surface area contributed by atoms with Crippen LogP contribution in [0.2, 0.25) is 0 Å². The van der Waals surface area contributed by atoms with Gasteiger partial charge in [0.05, 0.1) is 16.8 Å². The number of nitro benzene ring substituents is 1. The van der Waals surface area contributed by atoms with E-state index in [0.717, 1.165) is 5.56 Å². The van der Waals surface area contributed by atoms with Crippen molar-refractivity contribution < 1.29 is 4.92 Å². The van der Waals surface area contributed by atoms with Gasteiger partial charge >= 0.3 is 0 Å². The fourth-order valence-electron chi connectivity index (χ4n) is 1.31. The first kappa shape index (κ1) is 9.14. The fraction of sp³-hybridized carbons (Fsp3) is 0.125. The molecular formula is C8H6BrN3O2. The summed E-state index contributed by atoms with van der Waals surface area (Å²) in [5, 5.41) is 11.3. The molecule has 0 atom stereocenters. The number of fused-ring (bicyclic) bond motifs is 1. The van der Waals surface area contributed by atoms with E-state index in [1.165, 1.54) is 12.4 Å². The van der Waals surface area contributed by atoms with E-state index < -0.39 is 4.92 Å². The molecule has 0 bridgehead atoms.